The first-order valence-corrected chi connectivity index (χ1v) is 9.25. The molecule has 0 saturated carbocycles. The van der Waals surface area contributed by atoms with Gasteiger partial charge in [0.05, 0.1) is 10.6 Å². The molecule has 0 fully saturated rings. The van der Waals surface area contributed by atoms with Crippen LogP contribution in [0.3, 0.4) is 0 Å². The summed E-state index contributed by atoms with van der Waals surface area (Å²) in [5.74, 6) is 0.166. The Labute approximate surface area is 169 Å². The highest BCUT2D eigenvalue weighted by molar-refractivity contribution is 9.10. The summed E-state index contributed by atoms with van der Waals surface area (Å²) in [4.78, 5) is 12.1. The molecule has 0 radical (unpaired) electrons. The molecule has 0 aliphatic carbocycles. The number of hydrogen-bond donors (Lipinski definition) is 1. The summed E-state index contributed by atoms with van der Waals surface area (Å²) < 4.78 is 45.2. The lowest BCUT2D eigenvalue weighted by molar-refractivity contribution is -0.137. The summed E-state index contributed by atoms with van der Waals surface area (Å²) in [6, 6.07) is 6.94. The van der Waals surface area contributed by atoms with Crippen LogP contribution in [0.1, 0.15) is 36.5 Å². The lowest BCUT2D eigenvalue weighted by atomic mass is 10.0. The first-order valence-electron chi connectivity index (χ1n) is 8.08. The second-order valence-electron chi connectivity index (χ2n) is 6.32. The van der Waals surface area contributed by atoms with Crippen molar-refractivity contribution in [3.8, 4) is 5.75 Å². The van der Waals surface area contributed by atoms with Gasteiger partial charge in [0.1, 0.15) is 5.75 Å². The molecule has 2 aromatic carbocycles. The maximum atomic E-state index is 12.9. The third-order valence-electron chi connectivity index (χ3n) is 3.83. The number of alkyl halides is 3. The number of aryl methyl sites for hydroxylation is 1. The lowest BCUT2D eigenvalue weighted by Crippen LogP contribution is -2.21. The maximum absolute atomic E-state index is 12.9. The quantitative estimate of drug-likeness (QED) is 0.543. The van der Waals surface area contributed by atoms with Gasteiger partial charge < -0.3 is 10.1 Å². The van der Waals surface area contributed by atoms with Gasteiger partial charge in [-0.05, 0) is 54.3 Å². The molecular weight excluding hydrogens is 447 g/mol. The molecule has 0 heterocycles. The summed E-state index contributed by atoms with van der Waals surface area (Å²) in [6.07, 6.45) is -4.60. The number of anilines is 1. The third-order valence-corrected chi connectivity index (χ3v) is 5.01. The predicted octanol–water partition coefficient (Wildman–Crippen LogP) is 6.57. The van der Waals surface area contributed by atoms with Crippen molar-refractivity contribution >= 4 is 39.1 Å². The molecule has 0 atom stereocenters. The fourth-order valence-electron chi connectivity index (χ4n) is 2.41. The largest absolute Gasteiger partial charge is 0.483 e. The molecule has 146 valence electrons. The Balaban J connectivity index is 2.11. The second kappa shape index (κ2) is 8.52. The van der Waals surface area contributed by atoms with Gasteiger partial charge in [0.15, 0.2) is 6.61 Å². The van der Waals surface area contributed by atoms with Gasteiger partial charge in [0.2, 0.25) is 0 Å². The number of carbonyl (C=O) groups excluding carboxylic acids is 1. The zero-order valence-electron chi connectivity index (χ0n) is 14.9. The lowest BCUT2D eigenvalue weighted by Gasteiger charge is -2.16. The SMILES string of the molecule is Cc1cc(OCC(=O)Nc2ccc(Cl)c(C(F)(F)F)c2)c(C(C)C)cc1Br. The Bertz CT molecular complexity index is 854. The summed E-state index contributed by atoms with van der Waals surface area (Å²) in [6.45, 7) is 5.56. The molecule has 27 heavy (non-hydrogen) atoms. The van der Waals surface area contributed by atoms with E-state index in [-0.39, 0.29) is 18.2 Å². The van der Waals surface area contributed by atoms with Gasteiger partial charge in [-0.25, -0.2) is 0 Å². The van der Waals surface area contributed by atoms with Gasteiger partial charge in [0.25, 0.3) is 5.91 Å². The van der Waals surface area contributed by atoms with Crippen LogP contribution in [-0.4, -0.2) is 12.5 Å². The third kappa shape index (κ3) is 5.62. The van der Waals surface area contributed by atoms with E-state index in [0.29, 0.717) is 5.75 Å². The maximum Gasteiger partial charge on any atom is 0.417 e. The van der Waals surface area contributed by atoms with Crippen LogP contribution >= 0.6 is 27.5 Å². The molecule has 0 spiro atoms. The highest BCUT2D eigenvalue weighted by atomic mass is 79.9. The molecule has 0 aromatic heterocycles. The number of rotatable bonds is 5. The molecule has 2 rings (SSSR count). The van der Waals surface area contributed by atoms with E-state index in [1.807, 2.05) is 32.9 Å². The first kappa shape index (κ1) is 21.6. The van der Waals surface area contributed by atoms with Crippen LogP contribution in [0.15, 0.2) is 34.8 Å². The molecule has 8 heteroatoms. The molecule has 0 aliphatic heterocycles. The Hall–Kier alpha value is -1.73. The Morgan fingerprint density at radius 2 is 1.93 bits per heavy atom. The number of ether oxygens (including phenoxy) is 1. The van der Waals surface area contributed by atoms with Gasteiger partial charge in [-0.1, -0.05) is 41.4 Å². The number of benzene rings is 2. The van der Waals surface area contributed by atoms with Crippen LogP contribution in [-0.2, 0) is 11.0 Å². The van der Waals surface area contributed by atoms with Crippen LogP contribution in [0, 0.1) is 6.92 Å². The zero-order valence-corrected chi connectivity index (χ0v) is 17.2. The van der Waals surface area contributed by atoms with E-state index in [1.165, 1.54) is 6.07 Å². The predicted molar refractivity (Wildman–Crippen MR) is 104 cm³/mol. The molecule has 0 aliphatic rings. The number of carbonyl (C=O) groups is 1. The Morgan fingerprint density at radius 3 is 2.52 bits per heavy atom. The van der Waals surface area contributed by atoms with E-state index < -0.39 is 22.7 Å². The molecule has 0 unspecified atom stereocenters. The van der Waals surface area contributed by atoms with Gasteiger partial charge in [0, 0.05) is 10.2 Å². The summed E-state index contributed by atoms with van der Waals surface area (Å²) in [7, 11) is 0. The van der Waals surface area contributed by atoms with Crippen molar-refractivity contribution in [2.24, 2.45) is 0 Å². The van der Waals surface area contributed by atoms with Crippen molar-refractivity contribution in [1.29, 1.82) is 0 Å². The average Bonchev–Trinajstić information content (AvgIpc) is 2.56. The van der Waals surface area contributed by atoms with Crippen LogP contribution in [0.4, 0.5) is 18.9 Å². The zero-order chi connectivity index (χ0) is 20.4. The van der Waals surface area contributed by atoms with Gasteiger partial charge in [-0.2, -0.15) is 13.2 Å². The van der Waals surface area contributed by atoms with E-state index in [2.05, 4.69) is 21.2 Å². The fourth-order valence-corrected chi connectivity index (χ4v) is 2.99. The minimum Gasteiger partial charge on any atom is -0.483 e. The van der Waals surface area contributed by atoms with Crippen molar-refractivity contribution in [2.75, 3.05) is 11.9 Å². The summed E-state index contributed by atoms with van der Waals surface area (Å²) in [5, 5.41) is 1.97. The summed E-state index contributed by atoms with van der Waals surface area (Å²) in [5.41, 5.74) is 0.860. The average molecular weight is 465 g/mol. The number of hydrogen-bond acceptors (Lipinski definition) is 2. The van der Waals surface area contributed by atoms with Gasteiger partial charge in [-0.3, -0.25) is 4.79 Å². The molecule has 1 N–H and O–H groups in total. The second-order valence-corrected chi connectivity index (χ2v) is 7.58. The number of amides is 1. The summed E-state index contributed by atoms with van der Waals surface area (Å²) >= 11 is 9.04. The monoisotopic (exact) mass is 463 g/mol. The fraction of sp³-hybridized carbons (Fsp3) is 0.316. The molecule has 0 saturated heterocycles. The minimum absolute atomic E-state index is 0.00334. The van der Waals surface area contributed by atoms with E-state index >= 15 is 0 Å². The van der Waals surface area contributed by atoms with E-state index in [1.54, 1.807) is 0 Å². The van der Waals surface area contributed by atoms with Crippen LogP contribution in [0.25, 0.3) is 0 Å². The normalized spacial score (nSPS) is 11.6. The van der Waals surface area contributed by atoms with E-state index in [0.717, 1.165) is 27.7 Å². The standard InChI is InChI=1S/C19H18BrClF3NO2/c1-10(2)13-8-15(20)11(3)6-17(13)27-9-18(26)25-12-4-5-16(21)14(7-12)19(22,23)24/h4-8,10H,9H2,1-3H3,(H,25,26). The molecule has 2 aromatic rings. The minimum atomic E-state index is -4.60. The van der Waals surface area contributed by atoms with Crippen LogP contribution in [0.5, 0.6) is 5.75 Å². The highest BCUT2D eigenvalue weighted by Gasteiger charge is 2.33. The number of nitrogens with one attached hydrogen (secondary N) is 1. The van der Waals surface area contributed by atoms with E-state index in [9.17, 15) is 18.0 Å². The molecule has 1 amide bonds. The first-order chi connectivity index (χ1) is 12.5. The van der Waals surface area contributed by atoms with Gasteiger partial charge in [-0.15, -0.1) is 0 Å². The molecule has 3 nitrogen and oxygen atoms in total. The Kier molecular flexibility index (Phi) is 6.81. The van der Waals surface area contributed by atoms with E-state index in [4.69, 9.17) is 16.3 Å². The van der Waals surface area contributed by atoms with Gasteiger partial charge >= 0.3 is 6.18 Å². The van der Waals surface area contributed by atoms with Crippen molar-refractivity contribution in [3.05, 3.63) is 56.5 Å². The van der Waals surface area contributed by atoms with Crippen LogP contribution in [0.2, 0.25) is 5.02 Å². The number of halogens is 5. The van der Waals surface area contributed by atoms with Crippen molar-refractivity contribution in [3.63, 3.8) is 0 Å². The van der Waals surface area contributed by atoms with Crippen molar-refractivity contribution in [1.82, 2.24) is 0 Å². The molecule has 0 bridgehead atoms. The smallest absolute Gasteiger partial charge is 0.417 e. The van der Waals surface area contributed by atoms with Crippen LogP contribution < -0.4 is 10.1 Å². The Morgan fingerprint density at radius 1 is 1.26 bits per heavy atom. The van der Waals surface area contributed by atoms with Crippen molar-refractivity contribution < 1.29 is 22.7 Å². The molecular formula is C19H18BrClF3NO2. The highest BCUT2D eigenvalue weighted by Crippen LogP contribution is 2.36. The topological polar surface area (TPSA) is 38.3 Å². The van der Waals surface area contributed by atoms with Crippen molar-refractivity contribution in [2.45, 2.75) is 32.9 Å².